The summed E-state index contributed by atoms with van der Waals surface area (Å²) in [5.41, 5.74) is 24.5. The van der Waals surface area contributed by atoms with E-state index in [1.54, 1.807) is 0 Å². The summed E-state index contributed by atoms with van der Waals surface area (Å²) >= 11 is 0. The van der Waals surface area contributed by atoms with E-state index in [1.807, 2.05) is 0 Å². The van der Waals surface area contributed by atoms with E-state index in [-0.39, 0.29) is 11.3 Å². The van der Waals surface area contributed by atoms with Gasteiger partial charge in [0.25, 0.3) is 0 Å². The minimum Gasteiger partial charge on any atom is -0.309 e. The molecule has 0 N–H and O–H groups in total. The topological polar surface area (TPSA) is 9.86 Å². The van der Waals surface area contributed by atoms with Gasteiger partial charge in [-0.25, -0.2) is 0 Å². The van der Waals surface area contributed by atoms with Crippen molar-refractivity contribution in [3.05, 3.63) is 263 Å². The molecule has 3 aliphatic rings. The van der Waals surface area contributed by atoms with Gasteiger partial charge in [-0.3, -0.25) is 0 Å². The maximum absolute atomic E-state index is 2.53. The largest absolute Gasteiger partial charge is 0.309 e. The first kappa shape index (κ1) is 36.2. The van der Waals surface area contributed by atoms with Gasteiger partial charge in [0.1, 0.15) is 0 Å². The molecule has 15 rings (SSSR count). The van der Waals surface area contributed by atoms with Gasteiger partial charge < -0.3 is 9.13 Å². The van der Waals surface area contributed by atoms with E-state index < -0.39 is 0 Å². The first-order valence-corrected chi connectivity index (χ1v) is 23.4. The van der Waals surface area contributed by atoms with Crippen LogP contribution < -0.4 is 0 Å². The Morgan fingerprint density at radius 2 is 0.803 bits per heavy atom. The van der Waals surface area contributed by atoms with Crippen LogP contribution in [0.15, 0.2) is 224 Å². The Labute approximate surface area is 383 Å². The van der Waals surface area contributed by atoms with E-state index in [0.717, 1.165) is 12.8 Å². The van der Waals surface area contributed by atoms with Crippen molar-refractivity contribution in [3.8, 4) is 44.8 Å². The molecular weight excluding hydrogens is 797 g/mol. The van der Waals surface area contributed by atoms with E-state index in [9.17, 15) is 0 Å². The smallest absolute Gasteiger partial charge is 0.0725 e. The summed E-state index contributed by atoms with van der Waals surface area (Å²) in [6.45, 7) is 0. The normalized spacial score (nSPS) is 15.1. The van der Waals surface area contributed by atoms with Crippen molar-refractivity contribution in [1.29, 1.82) is 0 Å². The van der Waals surface area contributed by atoms with Crippen LogP contribution >= 0.6 is 0 Å². The summed E-state index contributed by atoms with van der Waals surface area (Å²) < 4.78 is 4.99. The summed E-state index contributed by atoms with van der Waals surface area (Å²) in [5.74, 6) is 0.266. The van der Waals surface area contributed by atoms with Crippen LogP contribution in [0.2, 0.25) is 0 Å². The minimum absolute atomic E-state index is 0.266. The number of hydrogen-bond donors (Lipinski definition) is 0. The molecule has 2 heterocycles. The molecule has 0 radical (unpaired) electrons. The Morgan fingerprint density at radius 3 is 1.48 bits per heavy atom. The molecule has 2 aromatic heterocycles. The number of aromatic nitrogens is 2. The molecule has 308 valence electrons. The van der Waals surface area contributed by atoms with Gasteiger partial charge in [-0.15, -0.1) is 0 Å². The molecule has 2 heteroatoms. The highest BCUT2D eigenvalue weighted by molar-refractivity contribution is 6.12. The molecule has 0 saturated carbocycles. The molecule has 1 spiro atoms. The molecule has 0 saturated heterocycles. The highest BCUT2D eigenvalue weighted by Gasteiger charge is 2.51. The number of nitrogens with zero attached hydrogens (tertiary/aromatic N) is 2. The van der Waals surface area contributed by atoms with Gasteiger partial charge in [0.05, 0.1) is 27.5 Å². The number of para-hydroxylation sites is 2. The maximum Gasteiger partial charge on any atom is 0.0725 e. The standard InChI is InChI=1S/C64H42N2/c1-2-16-44-40(15-1)29-33-45(47-18-4-3-17-46(44)47)41-30-35-62-54(37-41)55-39-43(65-60-27-13-8-22-51(60)52-23-9-14-28-61(52)65)32-36-63(55)66(62)42-31-34-59-53(38-42)50-21-7-12-26-58(50)64(59)56-24-10-5-19-48(56)49-20-6-11-25-57(49)64/h1-28,30-32,34-39,45H,29,33H2. The molecule has 0 aliphatic heterocycles. The van der Waals surface area contributed by atoms with Crippen molar-refractivity contribution in [1.82, 2.24) is 9.13 Å². The Kier molecular flexibility index (Phi) is 7.35. The molecular formula is C64H42N2. The Hall–Kier alpha value is -8.20. The highest BCUT2D eigenvalue weighted by Crippen LogP contribution is 2.63. The zero-order chi connectivity index (χ0) is 43.1. The lowest BCUT2D eigenvalue weighted by molar-refractivity contribution is 0.727. The van der Waals surface area contributed by atoms with Crippen LogP contribution in [0.5, 0.6) is 0 Å². The van der Waals surface area contributed by atoms with Crippen LogP contribution in [0, 0.1) is 0 Å². The second-order valence-electron chi connectivity index (χ2n) is 18.6. The van der Waals surface area contributed by atoms with E-state index in [2.05, 4.69) is 234 Å². The van der Waals surface area contributed by atoms with Crippen molar-refractivity contribution in [3.63, 3.8) is 0 Å². The molecule has 3 aliphatic carbocycles. The molecule has 2 nitrogen and oxygen atoms in total. The van der Waals surface area contributed by atoms with E-state index in [0.29, 0.717) is 0 Å². The SMILES string of the molecule is c1ccc2c(c1)CCC(c1ccc3c(c1)c1cc(-n4c5ccccc5c5ccccc54)ccc1n3-c1ccc3c(c1)-c1ccccc1C31c3ccccc3-c3ccccc31)c1ccccc1-2. The number of hydrogen-bond acceptors (Lipinski definition) is 0. The average Bonchev–Trinajstić information content (AvgIpc) is 4.05. The van der Waals surface area contributed by atoms with Crippen LogP contribution in [-0.4, -0.2) is 9.13 Å². The fourth-order valence-electron chi connectivity index (χ4n) is 12.9. The number of benzene rings is 10. The second kappa shape index (κ2) is 13.4. The van der Waals surface area contributed by atoms with E-state index in [1.165, 1.54) is 127 Å². The van der Waals surface area contributed by atoms with Gasteiger partial charge in [0, 0.05) is 38.8 Å². The molecule has 10 aromatic carbocycles. The quantitative estimate of drug-likeness (QED) is 0.168. The molecule has 0 bridgehead atoms. The zero-order valence-electron chi connectivity index (χ0n) is 36.2. The predicted octanol–water partition coefficient (Wildman–Crippen LogP) is 16.0. The monoisotopic (exact) mass is 838 g/mol. The molecule has 66 heavy (non-hydrogen) atoms. The molecule has 12 aromatic rings. The van der Waals surface area contributed by atoms with Gasteiger partial charge >= 0.3 is 0 Å². The summed E-state index contributed by atoms with van der Waals surface area (Å²) in [6, 6.07) is 85.0. The third-order valence-electron chi connectivity index (χ3n) is 15.6. The number of rotatable bonds is 3. The van der Waals surface area contributed by atoms with Crippen molar-refractivity contribution in [2.75, 3.05) is 0 Å². The van der Waals surface area contributed by atoms with Gasteiger partial charge in [0.2, 0.25) is 0 Å². The second-order valence-corrected chi connectivity index (χ2v) is 18.6. The summed E-state index contributed by atoms with van der Waals surface area (Å²) in [7, 11) is 0. The van der Waals surface area contributed by atoms with Crippen molar-refractivity contribution in [2.24, 2.45) is 0 Å². The minimum atomic E-state index is -0.376. The lowest BCUT2D eigenvalue weighted by Gasteiger charge is -2.30. The van der Waals surface area contributed by atoms with Crippen LogP contribution in [0.3, 0.4) is 0 Å². The van der Waals surface area contributed by atoms with Gasteiger partial charge in [-0.05, 0) is 140 Å². The third-order valence-corrected chi connectivity index (χ3v) is 15.6. The Bertz CT molecular complexity index is 3930. The lowest BCUT2D eigenvalue weighted by atomic mass is 9.70. The Morgan fingerprint density at radius 1 is 0.333 bits per heavy atom. The molecule has 0 amide bonds. The van der Waals surface area contributed by atoms with Crippen molar-refractivity contribution >= 4 is 43.6 Å². The predicted molar refractivity (Wildman–Crippen MR) is 273 cm³/mol. The summed E-state index contributed by atoms with van der Waals surface area (Å²) in [5, 5.41) is 5.08. The van der Waals surface area contributed by atoms with Crippen LogP contribution in [0.25, 0.3) is 88.4 Å². The molecule has 1 unspecified atom stereocenters. The molecule has 1 atom stereocenters. The van der Waals surface area contributed by atoms with Crippen molar-refractivity contribution < 1.29 is 0 Å². The average molecular weight is 839 g/mol. The molecule has 0 fully saturated rings. The highest BCUT2D eigenvalue weighted by atomic mass is 15.0. The Balaban J connectivity index is 0.981. The summed E-state index contributed by atoms with van der Waals surface area (Å²) in [4.78, 5) is 0. The van der Waals surface area contributed by atoms with E-state index >= 15 is 0 Å². The zero-order valence-corrected chi connectivity index (χ0v) is 36.2. The van der Waals surface area contributed by atoms with Crippen LogP contribution in [-0.2, 0) is 11.8 Å². The fraction of sp³-hybridized carbons (Fsp3) is 0.0625. The summed E-state index contributed by atoms with van der Waals surface area (Å²) in [6.07, 6.45) is 2.10. The maximum atomic E-state index is 2.53. The van der Waals surface area contributed by atoms with Crippen LogP contribution in [0.1, 0.15) is 51.3 Å². The first-order chi connectivity index (χ1) is 32.8. The van der Waals surface area contributed by atoms with E-state index in [4.69, 9.17) is 0 Å². The van der Waals surface area contributed by atoms with Crippen LogP contribution in [0.4, 0.5) is 0 Å². The number of aryl methyl sites for hydroxylation is 1. The van der Waals surface area contributed by atoms with Crippen molar-refractivity contribution in [2.45, 2.75) is 24.2 Å². The van der Waals surface area contributed by atoms with Gasteiger partial charge in [-0.1, -0.05) is 170 Å². The van der Waals surface area contributed by atoms with Gasteiger partial charge in [0.15, 0.2) is 0 Å². The first-order valence-electron chi connectivity index (χ1n) is 23.4. The number of fused-ring (bicyclic) bond motifs is 19. The van der Waals surface area contributed by atoms with Gasteiger partial charge in [-0.2, -0.15) is 0 Å². The lowest BCUT2D eigenvalue weighted by Crippen LogP contribution is -2.25. The fourth-order valence-corrected chi connectivity index (χ4v) is 12.9. The third kappa shape index (κ3) is 4.70.